The van der Waals surface area contributed by atoms with Crippen LogP contribution in [0.4, 0.5) is 11.4 Å². The summed E-state index contributed by atoms with van der Waals surface area (Å²) in [6.07, 6.45) is 1.64. The number of nitrogens with two attached hydrogens (primary N) is 1. The van der Waals surface area contributed by atoms with Gasteiger partial charge in [0.05, 0.1) is 16.3 Å². The van der Waals surface area contributed by atoms with Crippen molar-refractivity contribution in [2.24, 2.45) is 0 Å². The van der Waals surface area contributed by atoms with Gasteiger partial charge < -0.3 is 11.1 Å². The first kappa shape index (κ1) is 12.4. The van der Waals surface area contributed by atoms with Gasteiger partial charge in [0.25, 0.3) is 5.91 Å². The van der Waals surface area contributed by atoms with E-state index in [0.717, 1.165) is 0 Å². The molecule has 0 fully saturated rings. The Labute approximate surface area is 110 Å². The van der Waals surface area contributed by atoms with Crippen molar-refractivity contribution in [1.82, 2.24) is 4.98 Å². The molecule has 0 aliphatic carbocycles. The number of carbonyl (C=O) groups excluding carboxylic acids is 1. The van der Waals surface area contributed by atoms with Crippen LogP contribution in [0, 0.1) is 6.92 Å². The molecular formula is C13H12ClN3O. The van der Waals surface area contributed by atoms with Gasteiger partial charge in [0.2, 0.25) is 0 Å². The molecule has 0 saturated carbocycles. The predicted molar refractivity (Wildman–Crippen MR) is 72.8 cm³/mol. The Morgan fingerprint density at radius 2 is 2.17 bits per heavy atom. The molecule has 4 nitrogen and oxygen atoms in total. The third-order valence-corrected chi connectivity index (χ3v) is 2.81. The molecule has 0 spiro atoms. The maximum Gasteiger partial charge on any atom is 0.257 e. The molecule has 18 heavy (non-hydrogen) atoms. The summed E-state index contributed by atoms with van der Waals surface area (Å²) in [5.74, 6) is -0.243. The van der Waals surface area contributed by atoms with Crippen LogP contribution >= 0.6 is 11.6 Å². The molecule has 1 aromatic carbocycles. The van der Waals surface area contributed by atoms with Crippen molar-refractivity contribution in [2.75, 3.05) is 11.1 Å². The van der Waals surface area contributed by atoms with Crippen molar-refractivity contribution >= 4 is 28.9 Å². The zero-order chi connectivity index (χ0) is 13.1. The molecule has 2 rings (SSSR count). The fraction of sp³-hybridized carbons (Fsp3) is 0.0769. The Balaban J connectivity index is 2.24. The normalized spacial score (nSPS) is 10.1. The van der Waals surface area contributed by atoms with E-state index in [1.165, 1.54) is 0 Å². The minimum absolute atomic E-state index is 0.243. The highest BCUT2D eigenvalue weighted by Gasteiger charge is 2.11. The maximum absolute atomic E-state index is 12.0. The highest BCUT2D eigenvalue weighted by molar-refractivity contribution is 6.34. The summed E-state index contributed by atoms with van der Waals surface area (Å²) in [4.78, 5) is 16.1. The number of carbonyl (C=O) groups is 1. The quantitative estimate of drug-likeness (QED) is 0.817. The lowest BCUT2D eigenvalue weighted by molar-refractivity contribution is 0.102. The van der Waals surface area contributed by atoms with Crippen molar-refractivity contribution in [3.8, 4) is 0 Å². The van der Waals surface area contributed by atoms with E-state index in [4.69, 9.17) is 17.3 Å². The van der Waals surface area contributed by atoms with Crippen LogP contribution in [0.2, 0.25) is 5.02 Å². The van der Waals surface area contributed by atoms with Crippen molar-refractivity contribution in [3.05, 3.63) is 52.8 Å². The first-order valence-corrected chi connectivity index (χ1v) is 5.73. The molecule has 1 aromatic heterocycles. The molecule has 92 valence electrons. The van der Waals surface area contributed by atoms with Crippen LogP contribution in [-0.4, -0.2) is 10.9 Å². The Hall–Kier alpha value is -2.07. The minimum Gasteiger partial charge on any atom is -0.399 e. The number of aryl methyl sites for hydroxylation is 1. The number of nitrogens with one attached hydrogen (secondary N) is 1. The number of nitrogens with zero attached hydrogens (tertiary/aromatic N) is 1. The average Bonchev–Trinajstić information content (AvgIpc) is 2.33. The summed E-state index contributed by atoms with van der Waals surface area (Å²) in [5, 5.41) is 3.14. The monoisotopic (exact) mass is 261 g/mol. The third kappa shape index (κ3) is 2.60. The molecule has 1 amide bonds. The number of aromatic nitrogens is 1. The lowest BCUT2D eigenvalue weighted by Crippen LogP contribution is -2.14. The molecule has 0 radical (unpaired) electrons. The molecule has 3 N–H and O–H groups in total. The van der Waals surface area contributed by atoms with Crippen LogP contribution in [-0.2, 0) is 0 Å². The van der Waals surface area contributed by atoms with Gasteiger partial charge in [0.1, 0.15) is 0 Å². The summed E-state index contributed by atoms with van der Waals surface area (Å²) >= 11 is 5.99. The number of anilines is 2. The van der Waals surface area contributed by atoms with Crippen LogP contribution in [0.5, 0.6) is 0 Å². The Morgan fingerprint density at radius 3 is 2.83 bits per heavy atom. The number of halogens is 1. The molecule has 2 aromatic rings. The Morgan fingerprint density at radius 1 is 1.39 bits per heavy atom. The smallest absolute Gasteiger partial charge is 0.257 e. The molecule has 0 saturated heterocycles. The topological polar surface area (TPSA) is 68.0 Å². The summed E-state index contributed by atoms with van der Waals surface area (Å²) < 4.78 is 0. The maximum atomic E-state index is 12.0. The van der Waals surface area contributed by atoms with Crippen LogP contribution < -0.4 is 11.1 Å². The van der Waals surface area contributed by atoms with Gasteiger partial charge in [-0.1, -0.05) is 11.6 Å². The highest BCUT2D eigenvalue weighted by atomic mass is 35.5. The molecule has 1 heterocycles. The van der Waals surface area contributed by atoms with Gasteiger partial charge >= 0.3 is 0 Å². The van der Waals surface area contributed by atoms with E-state index in [9.17, 15) is 4.79 Å². The van der Waals surface area contributed by atoms with E-state index in [2.05, 4.69) is 10.3 Å². The molecular weight excluding hydrogens is 250 g/mol. The van der Waals surface area contributed by atoms with Crippen molar-refractivity contribution in [2.45, 2.75) is 6.92 Å². The van der Waals surface area contributed by atoms with E-state index in [1.54, 1.807) is 43.5 Å². The summed E-state index contributed by atoms with van der Waals surface area (Å²) in [7, 11) is 0. The zero-order valence-electron chi connectivity index (χ0n) is 9.77. The van der Waals surface area contributed by atoms with E-state index in [-0.39, 0.29) is 5.91 Å². The summed E-state index contributed by atoms with van der Waals surface area (Å²) in [6.45, 7) is 1.78. The van der Waals surface area contributed by atoms with Crippen LogP contribution in [0.1, 0.15) is 16.1 Å². The summed E-state index contributed by atoms with van der Waals surface area (Å²) in [6, 6.07) is 8.36. The molecule has 0 aliphatic rings. The fourth-order valence-corrected chi connectivity index (χ4v) is 1.78. The SMILES string of the molecule is Cc1ncccc1C(=O)Nc1ccc(N)cc1Cl. The predicted octanol–water partition coefficient (Wildman–Crippen LogP) is 2.88. The van der Waals surface area contributed by atoms with Crippen LogP contribution in [0.3, 0.4) is 0 Å². The minimum atomic E-state index is -0.243. The zero-order valence-corrected chi connectivity index (χ0v) is 10.5. The number of amides is 1. The first-order chi connectivity index (χ1) is 8.58. The molecule has 0 aliphatic heterocycles. The van der Waals surface area contributed by atoms with Crippen molar-refractivity contribution in [1.29, 1.82) is 0 Å². The first-order valence-electron chi connectivity index (χ1n) is 5.36. The number of hydrogen-bond acceptors (Lipinski definition) is 3. The second-order valence-electron chi connectivity index (χ2n) is 3.83. The van der Waals surface area contributed by atoms with Crippen LogP contribution in [0.15, 0.2) is 36.5 Å². The van der Waals surface area contributed by atoms with Crippen molar-refractivity contribution in [3.63, 3.8) is 0 Å². The number of rotatable bonds is 2. The van der Waals surface area contributed by atoms with E-state index < -0.39 is 0 Å². The van der Waals surface area contributed by atoms with Gasteiger partial charge in [-0.2, -0.15) is 0 Å². The van der Waals surface area contributed by atoms with E-state index in [0.29, 0.717) is 27.7 Å². The summed E-state index contributed by atoms with van der Waals surface area (Å²) in [5.41, 5.74) is 7.85. The van der Waals surface area contributed by atoms with Gasteiger partial charge in [-0.15, -0.1) is 0 Å². The number of pyridine rings is 1. The van der Waals surface area contributed by atoms with E-state index in [1.807, 2.05) is 0 Å². The molecule has 0 bridgehead atoms. The highest BCUT2D eigenvalue weighted by Crippen LogP contribution is 2.24. The second-order valence-corrected chi connectivity index (χ2v) is 4.24. The van der Waals surface area contributed by atoms with Gasteiger partial charge in [-0.05, 0) is 37.3 Å². The molecule has 0 unspecified atom stereocenters. The average molecular weight is 262 g/mol. The standard InChI is InChI=1S/C13H12ClN3O/c1-8-10(3-2-6-16-8)13(18)17-12-5-4-9(15)7-11(12)14/h2-7H,15H2,1H3,(H,17,18). The number of benzene rings is 1. The van der Waals surface area contributed by atoms with Gasteiger partial charge in [-0.25, -0.2) is 0 Å². The van der Waals surface area contributed by atoms with Crippen LogP contribution in [0.25, 0.3) is 0 Å². The second kappa shape index (κ2) is 5.06. The third-order valence-electron chi connectivity index (χ3n) is 2.49. The lowest BCUT2D eigenvalue weighted by atomic mass is 10.2. The Kier molecular flexibility index (Phi) is 3.48. The lowest BCUT2D eigenvalue weighted by Gasteiger charge is -2.09. The van der Waals surface area contributed by atoms with Gasteiger partial charge in [0, 0.05) is 17.6 Å². The van der Waals surface area contributed by atoms with Crippen molar-refractivity contribution < 1.29 is 4.79 Å². The number of hydrogen-bond donors (Lipinski definition) is 2. The fourth-order valence-electron chi connectivity index (χ4n) is 1.55. The number of nitrogen functional groups attached to an aromatic ring is 1. The van der Waals surface area contributed by atoms with E-state index >= 15 is 0 Å². The largest absolute Gasteiger partial charge is 0.399 e. The molecule has 0 atom stereocenters. The Bertz CT molecular complexity index is 599. The van der Waals surface area contributed by atoms with Gasteiger partial charge in [0.15, 0.2) is 0 Å². The van der Waals surface area contributed by atoms with Gasteiger partial charge in [-0.3, -0.25) is 9.78 Å². The molecule has 5 heteroatoms.